The Balaban J connectivity index is 1.45. The van der Waals surface area contributed by atoms with Crippen LogP contribution in [0.2, 0.25) is 5.02 Å². The largest absolute Gasteiger partial charge is 0.369 e. The summed E-state index contributed by atoms with van der Waals surface area (Å²) in [6.45, 7) is 6.16. The summed E-state index contributed by atoms with van der Waals surface area (Å²) in [6, 6.07) is 10.3. The third kappa shape index (κ3) is 4.96. The van der Waals surface area contributed by atoms with Crippen LogP contribution >= 0.6 is 11.6 Å². The molecule has 0 atom stereocenters. The minimum absolute atomic E-state index is 0.324. The Labute approximate surface area is 159 Å². The number of anilines is 1. The summed E-state index contributed by atoms with van der Waals surface area (Å²) in [5, 5.41) is 3.73. The lowest BCUT2D eigenvalue weighted by Gasteiger charge is -2.32. The number of amides is 1. The average Bonchev–Trinajstić information content (AvgIpc) is 2.63. The van der Waals surface area contributed by atoms with Crippen molar-refractivity contribution in [1.82, 2.24) is 9.88 Å². The third-order valence-corrected chi connectivity index (χ3v) is 5.21. The number of piperidine rings is 1. The molecule has 1 amide bonds. The number of benzene rings is 1. The fourth-order valence-corrected chi connectivity index (χ4v) is 3.48. The van der Waals surface area contributed by atoms with E-state index in [0.717, 1.165) is 39.0 Å². The smallest absolute Gasteiger partial charge is 0.250 e. The fourth-order valence-electron chi connectivity index (χ4n) is 3.24. The van der Waals surface area contributed by atoms with E-state index in [4.69, 9.17) is 17.3 Å². The summed E-state index contributed by atoms with van der Waals surface area (Å²) in [5.74, 6) is 0.684. The molecule has 1 aliphatic rings. The highest BCUT2D eigenvalue weighted by Crippen LogP contribution is 2.23. The van der Waals surface area contributed by atoms with Crippen LogP contribution < -0.4 is 11.1 Å². The maximum Gasteiger partial charge on any atom is 0.250 e. The molecule has 138 valence electrons. The molecule has 1 saturated heterocycles. The molecule has 26 heavy (non-hydrogen) atoms. The Hall–Kier alpha value is -2.11. The SMILES string of the molecule is Cc1ccc(CN2CCC(CNc3ncc(C(N)=O)cc3Cl)CC2)cc1. The van der Waals surface area contributed by atoms with E-state index in [0.29, 0.717) is 22.3 Å². The normalized spacial score (nSPS) is 15.8. The second kappa shape index (κ2) is 8.52. The van der Waals surface area contributed by atoms with Crippen molar-refractivity contribution in [3.05, 3.63) is 58.2 Å². The molecule has 2 heterocycles. The Morgan fingerprint density at radius 3 is 2.62 bits per heavy atom. The number of aromatic nitrogens is 1. The van der Waals surface area contributed by atoms with Crippen molar-refractivity contribution in [1.29, 1.82) is 0 Å². The molecule has 1 aromatic carbocycles. The van der Waals surface area contributed by atoms with Gasteiger partial charge in [-0.25, -0.2) is 4.98 Å². The molecule has 0 aliphatic carbocycles. The Bertz CT molecular complexity index is 755. The molecule has 6 heteroatoms. The van der Waals surface area contributed by atoms with Crippen molar-refractivity contribution < 1.29 is 4.79 Å². The van der Waals surface area contributed by atoms with Crippen LogP contribution in [0.3, 0.4) is 0 Å². The summed E-state index contributed by atoms with van der Waals surface area (Å²) in [4.78, 5) is 17.9. The maximum atomic E-state index is 11.1. The Morgan fingerprint density at radius 1 is 1.31 bits per heavy atom. The van der Waals surface area contributed by atoms with E-state index in [-0.39, 0.29) is 0 Å². The predicted octanol–water partition coefficient (Wildman–Crippen LogP) is 3.47. The van der Waals surface area contributed by atoms with Crippen LogP contribution in [0.15, 0.2) is 36.5 Å². The molecule has 1 fully saturated rings. The van der Waals surface area contributed by atoms with Crippen molar-refractivity contribution in [3.63, 3.8) is 0 Å². The van der Waals surface area contributed by atoms with Gasteiger partial charge in [-0.1, -0.05) is 41.4 Å². The van der Waals surface area contributed by atoms with E-state index in [2.05, 4.69) is 46.4 Å². The topological polar surface area (TPSA) is 71.2 Å². The number of carbonyl (C=O) groups excluding carboxylic acids is 1. The molecule has 1 aliphatic heterocycles. The lowest BCUT2D eigenvalue weighted by atomic mass is 9.96. The Morgan fingerprint density at radius 2 is 2.00 bits per heavy atom. The highest BCUT2D eigenvalue weighted by atomic mass is 35.5. The molecule has 0 spiro atoms. The second-order valence-corrected chi connectivity index (χ2v) is 7.41. The number of pyridine rings is 1. The van der Waals surface area contributed by atoms with Gasteiger partial charge in [0.15, 0.2) is 0 Å². The van der Waals surface area contributed by atoms with Crippen LogP contribution in [0.4, 0.5) is 5.82 Å². The Kier molecular flexibility index (Phi) is 6.12. The highest BCUT2D eigenvalue weighted by molar-refractivity contribution is 6.33. The number of rotatable bonds is 6. The van der Waals surface area contributed by atoms with Gasteiger partial charge < -0.3 is 11.1 Å². The summed E-state index contributed by atoms with van der Waals surface area (Å²) < 4.78 is 0. The number of nitrogens with two attached hydrogens (primary N) is 1. The summed E-state index contributed by atoms with van der Waals surface area (Å²) in [7, 11) is 0. The van der Waals surface area contributed by atoms with Gasteiger partial charge >= 0.3 is 0 Å². The molecule has 2 aromatic rings. The zero-order valence-electron chi connectivity index (χ0n) is 15.0. The molecule has 0 unspecified atom stereocenters. The van der Waals surface area contributed by atoms with E-state index in [1.165, 1.54) is 17.3 Å². The number of hydrogen-bond acceptors (Lipinski definition) is 4. The number of likely N-dealkylation sites (tertiary alicyclic amines) is 1. The number of halogens is 1. The number of nitrogens with zero attached hydrogens (tertiary/aromatic N) is 2. The van der Waals surface area contributed by atoms with Crippen molar-refractivity contribution in [2.45, 2.75) is 26.3 Å². The molecule has 0 bridgehead atoms. The van der Waals surface area contributed by atoms with Crippen LogP contribution in [0.25, 0.3) is 0 Å². The zero-order chi connectivity index (χ0) is 18.5. The van der Waals surface area contributed by atoms with Gasteiger partial charge in [-0.3, -0.25) is 9.69 Å². The summed E-state index contributed by atoms with van der Waals surface area (Å²) in [6.07, 6.45) is 3.76. The monoisotopic (exact) mass is 372 g/mol. The minimum atomic E-state index is -0.521. The summed E-state index contributed by atoms with van der Waals surface area (Å²) >= 11 is 6.17. The van der Waals surface area contributed by atoms with Crippen LogP contribution in [0.1, 0.15) is 34.3 Å². The molecular weight excluding hydrogens is 348 g/mol. The number of carbonyl (C=O) groups is 1. The molecular formula is C20H25ClN4O. The number of nitrogens with one attached hydrogen (secondary N) is 1. The van der Waals surface area contributed by atoms with Gasteiger partial charge in [0, 0.05) is 19.3 Å². The van der Waals surface area contributed by atoms with Crippen molar-refractivity contribution in [2.24, 2.45) is 11.7 Å². The van der Waals surface area contributed by atoms with E-state index in [1.54, 1.807) is 6.07 Å². The molecule has 0 saturated carbocycles. The lowest BCUT2D eigenvalue weighted by molar-refractivity contribution is 0.1000. The highest BCUT2D eigenvalue weighted by Gasteiger charge is 2.19. The van der Waals surface area contributed by atoms with Gasteiger partial charge in [0.25, 0.3) is 0 Å². The van der Waals surface area contributed by atoms with Crippen LogP contribution in [0.5, 0.6) is 0 Å². The van der Waals surface area contributed by atoms with Crippen molar-refractivity contribution in [2.75, 3.05) is 25.0 Å². The van der Waals surface area contributed by atoms with Gasteiger partial charge in [-0.15, -0.1) is 0 Å². The predicted molar refractivity (Wildman–Crippen MR) is 105 cm³/mol. The standard InChI is InChI=1S/C20H25ClN4O/c1-14-2-4-16(5-3-14)13-25-8-6-15(7-9-25)11-23-20-18(21)10-17(12-24-20)19(22)26/h2-5,10,12,15H,6-9,11,13H2,1H3,(H2,22,26)(H,23,24). The first-order valence-electron chi connectivity index (χ1n) is 8.98. The van der Waals surface area contributed by atoms with E-state index >= 15 is 0 Å². The maximum absolute atomic E-state index is 11.1. The van der Waals surface area contributed by atoms with Gasteiger partial charge in [0.05, 0.1) is 10.6 Å². The van der Waals surface area contributed by atoms with Gasteiger partial charge in [-0.2, -0.15) is 0 Å². The first-order valence-corrected chi connectivity index (χ1v) is 9.36. The van der Waals surface area contributed by atoms with Crippen LogP contribution in [0, 0.1) is 12.8 Å². The van der Waals surface area contributed by atoms with Crippen molar-refractivity contribution >= 4 is 23.3 Å². The third-order valence-electron chi connectivity index (χ3n) is 4.92. The van der Waals surface area contributed by atoms with E-state index in [1.807, 2.05) is 0 Å². The molecule has 1 aromatic heterocycles. The minimum Gasteiger partial charge on any atom is -0.369 e. The average molecular weight is 373 g/mol. The fraction of sp³-hybridized carbons (Fsp3) is 0.400. The van der Waals surface area contributed by atoms with E-state index in [9.17, 15) is 4.79 Å². The van der Waals surface area contributed by atoms with Gasteiger partial charge in [0.1, 0.15) is 5.82 Å². The van der Waals surface area contributed by atoms with E-state index < -0.39 is 5.91 Å². The van der Waals surface area contributed by atoms with Crippen LogP contribution in [-0.2, 0) is 6.54 Å². The first kappa shape index (κ1) is 18.7. The second-order valence-electron chi connectivity index (χ2n) is 7.00. The molecule has 3 rings (SSSR count). The molecule has 5 nitrogen and oxygen atoms in total. The molecule has 3 N–H and O–H groups in total. The quantitative estimate of drug-likeness (QED) is 0.814. The lowest BCUT2D eigenvalue weighted by Crippen LogP contribution is -2.35. The van der Waals surface area contributed by atoms with Gasteiger partial charge in [0.2, 0.25) is 5.91 Å². The number of primary amides is 1. The number of aryl methyl sites for hydroxylation is 1. The van der Waals surface area contributed by atoms with Crippen LogP contribution in [-0.4, -0.2) is 35.4 Å². The summed E-state index contributed by atoms with van der Waals surface area (Å²) in [5.41, 5.74) is 8.23. The van der Waals surface area contributed by atoms with Crippen molar-refractivity contribution in [3.8, 4) is 0 Å². The number of hydrogen-bond donors (Lipinski definition) is 2. The first-order chi connectivity index (χ1) is 12.5. The van der Waals surface area contributed by atoms with Gasteiger partial charge in [-0.05, 0) is 50.4 Å². The molecule has 0 radical (unpaired) electrons. The zero-order valence-corrected chi connectivity index (χ0v) is 15.8.